The lowest BCUT2D eigenvalue weighted by Crippen LogP contribution is -2.52. The van der Waals surface area contributed by atoms with Crippen LogP contribution in [0.1, 0.15) is 30.1 Å². The van der Waals surface area contributed by atoms with Crippen molar-refractivity contribution in [3.05, 3.63) is 23.8 Å². The molecular weight excluding hydrogens is 244 g/mol. The maximum absolute atomic E-state index is 12.1. The molecule has 3 rings (SSSR count). The second kappa shape index (κ2) is 4.26. The van der Waals surface area contributed by atoms with Crippen LogP contribution in [0, 0.1) is 5.92 Å². The number of nitrogens with one attached hydrogen (secondary N) is 1. The molecule has 2 atom stereocenters. The normalized spacial score (nSPS) is 25.3. The van der Waals surface area contributed by atoms with E-state index >= 15 is 0 Å². The second-order valence-electron chi connectivity index (χ2n) is 5.33. The maximum Gasteiger partial charge on any atom is 0.337 e. The Bertz CT molecular complexity index is 556. The van der Waals surface area contributed by atoms with Crippen molar-refractivity contribution in [2.24, 2.45) is 5.92 Å². The first-order chi connectivity index (χ1) is 9.08. The number of para-hydroxylation sites is 1. The number of fused-ring (bicyclic) bond motifs is 3. The van der Waals surface area contributed by atoms with Crippen LogP contribution in [0.15, 0.2) is 18.2 Å². The summed E-state index contributed by atoms with van der Waals surface area (Å²) in [5.74, 6) is -0.488. The van der Waals surface area contributed by atoms with Gasteiger partial charge in [0.1, 0.15) is 6.04 Å². The molecule has 1 aromatic rings. The van der Waals surface area contributed by atoms with Crippen molar-refractivity contribution in [2.45, 2.75) is 25.8 Å². The van der Waals surface area contributed by atoms with Gasteiger partial charge in [-0.15, -0.1) is 0 Å². The molecule has 2 unspecified atom stereocenters. The lowest BCUT2D eigenvalue weighted by molar-refractivity contribution is -0.118. The van der Waals surface area contributed by atoms with Crippen molar-refractivity contribution in [1.29, 1.82) is 0 Å². The topological polar surface area (TPSA) is 69.6 Å². The first-order valence-corrected chi connectivity index (χ1v) is 6.51. The molecule has 0 aliphatic carbocycles. The summed E-state index contributed by atoms with van der Waals surface area (Å²) in [4.78, 5) is 25.4. The van der Waals surface area contributed by atoms with Crippen LogP contribution < -0.4 is 10.2 Å². The lowest BCUT2D eigenvalue weighted by Gasteiger charge is -2.43. The molecule has 0 aromatic heterocycles. The van der Waals surface area contributed by atoms with E-state index in [1.807, 2.05) is 4.90 Å². The zero-order valence-electron chi connectivity index (χ0n) is 10.7. The van der Waals surface area contributed by atoms with E-state index in [1.54, 1.807) is 18.2 Å². The number of rotatable bonds is 1. The molecule has 1 saturated heterocycles. The van der Waals surface area contributed by atoms with Gasteiger partial charge in [0.2, 0.25) is 5.91 Å². The first kappa shape index (κ1) is 12.0. The highest BCUT2D eigenvalue weighted by Gasteiger charge is 2.38. The van der Waals surface area contributed by atoms with Gasteiger partial charge in [0.05, 0.1) is 16.9 Å². The number of hydrogen-bond donors (Lipinski definition) is 2. The van der Waals surface area contributed by atoms with E-state index in [4.69, 9.17) is 0 Å². The third kappa shape index (κ3) is 1.85. The minimum Gasteiger partial charge on any atom is -0.478 e. The Morgan fingerprint density at radius 2 is 2.26 bits per heavy atom. The predicted octanol–water partition coefficient (Wildman–Crippen LogP) is 1.94. The number of anilines is 2. The number of piperidine rings is 1. The maximum atomic E-state index is 12.1. The third-order valence-corrected chi connectivity index (χ3v) is 3.98. The van der Waals surface area contributed by atoms with E-state index in [0.29, 0.717) is 17.3 Å². The Balaban J connectivity index is 2.11. The van der Waals surface area contributed by atoms with Crippen LogP contribution >= 0.6 is 0 Å². The summed E-state index contributed by atoms with van der Waals surface area (Å²) in [7, 11) is 0. The second-order valence-corrected chi connectivity index (χ2v) is 5.33. The highest BCUT2D eigenvalue weighted by Crippen LogP contribution is 2.39. The van der Waals surface area contributed by atoms with Gasteiger partial charge in [-0.2, -0.15) is 0 Å². The largest absolute Gasteiger partial charge is 0.478 e. The molecule has 5 nitrogen and oxygen atoms in total. The van der Waals surface area contributed by atoms with Crippen LogP contribution in [0.4, 0.5) is 11.4 Å². The van der Waals surface area contributed by atoms with E-state index in [1.165, 1.54) is 0 Å². The SMILES string of the molecule is CC1CCN2c3c(cccc3C(=O)O)NC(=O)C2C1. The van der Waals surface area contributed by atoms with Crippen molar-refractivity contribution in [1.82, 2.24) is 0 Å². The average molecular weight is 260 g/mol. The monoisotopic (exact) mass is 260 g/mol. The summed E-state index contributed by atoms with van der Waals surface area (Å²) in [6.07, 6.45) is 1.76. The molecule has 2 heterocycles. The summed E-state index contributed by atoms with van der Waals surface area (Å²) < 4.78 is 0. The van der Waals surface area contributed by atoms with Crippen molar-refractivity contribution in [3.8, 4) is 0 Å². The fourth-order valence-electron chi connectivity index (χ4n) is 3.00. The number of carbonyl (C=O) groups excluding carboxylic acids is 1. The molecule has 0 saturated carbocycles. The molecule has 1 aromatic carbocycles. The van der Waals surface area contributed by atoms with Gasteiger partial charge in [0.15, 0.2) is 0 Å². The smallest absolute Gasteiger partial charge is 0.337 e. The van der Waals surface area contributed by atoms with Gasteiger partial charge in [-0.25, -0.2) is 4.79 Å². The molecule has 2 aliphatic rings. The van der Waals surface area contributed by atoms with Gasteiger partial charge < -0.3 is 15.3 Å². The van der Waals surface area contributed by atoms with E-state index in [9.17, 15) is 14.7 Å². The zero-order chi connectivity index (χ0) is 13.6. The summed E-state index contributed by atoms with van der Waals surface area (Å²) >= 11 is 0. The van der Waals surface area contributed by atoms with Crippen LogP contribution in [0.25, 0.3) is 0 Å². The van der Waals surface area contributed by atoms with Crippen molar-refractivity contribution in [2.75, 3.05) is 16.8 Å². The van der Waals surface area contributed by atoms with Crippen molar-refractivity contribution in [3.63, 3.8) is 0 Å². The minimum absolute atomic E-state index is 0.0263. The fourth-order valence-corrected chi connectivity index (χ4v) is 3.00. The van der Waals surface area contributed by atoms with Gasteiger partial charge in [-0.1, -0.05) is 13.0 Å². The number of carboxylic acid groups (broad SMARTS) is 1. The molecule has 2 aliphatic heterocycles. The Labute approximate surface area is 111 Å². The highest BCUT2D eigenvalue weighted by molar-refractivity contribution is 6.08. The van der Waals surface area contributed by atoms with E-state index in [0.717, 1.165) is 19.4 Å². The van der Waals surface area contributed by atoms with E-state index in [-0.39, 0.29) is 17.5 Å². The van der Waals surface area contributed by atoms with Gasteiger partial charge in [0, 0.05) is 6.54 Å². The fraction of sp³-hybridized carbons (Fsp3) is 0.429. The van der Waals surface area contributed by atoms with Crippen LogP contribution in [0.5, 0.6) is 0 Å². The zero-order valence-corrected chi connectivity index (χ0v) is 10.7. The molecular formula is C14H16N2O3. The summed E-state index contributed by atoms with van der Waals surface area (Å²) in [5, 5.41) is 12.1. The minimum atomic E-state index is -0.953. The molecule has 0 bridgehead atoms. The van der Waals surface area contributed by atoms with Gasteiger partial charge in [-0.05, 0) is 30.9 Å². The van der Waals surface area contributed by atoms with Crippen LogP contribution in [0.2, 0.25) is 0 Å². The Hall–Kier alpha value is -2.04. The van der Waals surface area contributed by atoms with Crippen LogP contribution in [-0.2, 0) is 4.79 Å². The molecule has 100 valence electrons. The van der Waals surface area contributed by atoms with Crippen molar-refractivity contribution >= 4 is 23.3 Å². The molecule has 0 radical (unpaired) electrons. The number of nitrogens with zero attached hydrogens (tertiary/aromatic N) is 1. The molecule has 19 heavy (non-hydrogen) atoms. The van der Waals surface area contributed by atoms with E-state index < -0.39 is 5.97 Å². The standard InChI is InChI=1S/C14H16N2O3/c1-8-5-6-16-11(7-8)13(17)15-10-4-2-3-9(12(10)16)14(18)19/h2-4,8,11H,5-7H2,1H3,(H,15,17)(H,18,19). The molecule has 1 fully saturated rings. The summed E-state index contributed by atoms with van der Waals surface area (Å²) in [6, 6.07) is 4.77. The highest BCUT2D eigenvalue weighted by atomic mass is 16.4. The Kier molecular flexibility index (Phi) is 2.69. The number of carboxylic acids is 1. The lowest BCUT2D eigenvalue weighted by atomic mass is 9.89. The van der Waals surface area contributed by atoms with Crippen LogP contribution in [0.3, 0.4) is 0 Å². The number of hydrogen-bond acceptors (Lipinski definition) is 3. The predicted molar refractivity (Wildman–Crippen MR) is 71.6 cm³/mol. The average Bonchev–Trinajstić information content (AvgIpc) is 2.38. The molecule has 5 heteroatoms. The molecule has 1 amide bonds. The number of aromatic carboxylic acids is 1. The Morgan fingerprint density at radius 1 is 1.47 bits per heavy atom. The summed E-state index contributed by atoms with van der Waals surface area (Å²) in [6.45, 7) is 2.86. The van der Waals surface area contributed by atoms with Crippen LogP contribution in [-0.4, -0.2) is 29.6 Å². The quantitative estimate of drug-likeness (QED) is 0.809. The Morgan fingerprint density at radius 3 is 3.00 bits per heavy atom. The number of amides is 1. The summed E-state index contributed by atoms with van der Waals surface area (Å²) in [5.41, 5.74) is 1.53. The third-order valence-electron chi connectivity index (χ3n) is 3.98. The molecule has 0 spiro atoms. The van der Waals surface area contributed by atoms with Gasteiger partial charge >= 0.3 is 5.97 Å². The number of benzene rings is 1. The molecule has 2 N–H and O–H groups in total. The van der Waals surface area contributed by atoms with Gasteiger partial charge in [-0.3, -0.25) is 4.79 Å². The van der Waals surface area contributed by atoms with E-state index in [2.05, 4.69) is 12.2 Å². The first-order valence-electron chi connectivity index (χ1n) is 6.51. The van der Waals surface area contributed by atoms with Gasteiger partial charge in [0.25, 0.3) is 0 Å². The number of carbonyl (C=O) groups is 2. The van der Waals surface area contributed by atoms with Crippen molar-refractivity contribution < 1.29 is 14.7 Å².